The molecule has 1 N–H and O–H groups in total. The summed E-state index contributed by atoms with van der Waals surface area (Å²) in [5.74, 6) is 2.73. The average Bonchev–Trinajstić information content (AvgIpc) is 2.91. The van der Waals surface area contributed by atoms with E-state index in [1.165, 1.54) is 0 Å². The normalized spacial score (nSPS) is 30.9. The summed E-state index contributed by atoms with van der Waals surface area (Å²) in [6, 6.07) is 0.669. The summed E-state index contributed by atoms with van der Waals surface area (Å²) >= 11 is 1.89. The summed E-state index contributed by atoms with van der Waals surface area (Å²) in [5, 5.41) is 2.98. The molecule has 0 aromatic heterocycles. The fourth-order valence-corrected chi connectivity index (χ4v) is 4.30. The first-order valence-corrected chi connectivity index (χ1v) is 8.35. The fourth-order valence-electron chi connectivity index (χ4n) is 3.09. The number of nitrogens with zero attached hydrogens (tertiary/aromatic N) is 1. The minimum absolute atomic E-state index is 0.0517. The molecule has 4 nitrogen and oxygen atoms in total. The quantitative estimate of drug-likeness (QED) is 0.857. The minimum Gasteiger partial charge on any atom is -0.354 e. The molecule has 0 aromatic rings. The lowest BCUT2D eigenvalue weighted by molar-refractivity contribution is -0.136. The van der Waals surface area contributed by atoms with E-state index in [1.807, 2.05) is 23.7 Å². The van der Waals surface area contributed by atoms with Gasteiger partial charge >= 0.3 is 0 Å². The van der Waals surface area contributed by atoms with Gasteiger partial charge in [0.2, 0.25) is 11.8 Å². The Kier molecular flexibility index (Phi) is 5.13. The van der Waals surface area contributed by atoms with Crippen molar-refractivity contribution in [1.82, 2.24) is 10.2 Å². The van der Waals surface area contributed by atoms with Crippen LogP contribution < -0.4 is 5.32 Å². The Morgan fingerprint density at radius 3 is 2.37 bits per heavy atom. The first-order chi connectivity index (χ1) is 9.08. The zero-order valence-corrected chi connectivity index (χ0v) is 12.7. The second-order valence-corrected chi connectivity index (χ2v) is 6.87. The topological polar surface area (TPSA) is 49.4 Å². The van der Waals surface area contributed by atoms with Gasteiger partial charge in [-0.3, -0.25) is 9.59 Å². The third-order valence-corrected chi connectivity index (χ3v) is 5.44. The standard InChI is InChI=1S/C14H24N2O2S/c1-10(17)15-12-3-5-13(6-4-12)16(2)14(18)11-7-8-19-9-11/h11-13H,3-9H2,1-2H3,(H,15,17). The van der Waals surface area contributed by atoms with E-state index in [2.05, 4.69) is 5.32 Å². The van der Waals surface area contributed by atoms with Gasteiger partial charge in [-0.15, -0.1) is 0 Å². The average molecular weight is 284 g/mol. The Morgan fingerprint density at radius 2 is 1.84 bits per heavy atom. The Morgan fingerprint density at radius 1 is 1.16 bits per heavy atom. The van der Waals surface area contributed by atoms with Gasteiger partial charge in [0.25, 0.3) is 0 Å². The van der Waals surface area contributed by atoms with Gasteiger partial charge in [0.1, 0.15) is 0 Å². The van der Waals surface area contributed by atoms with Crippen molar-refractivity contribution in [3.05, 3.63) is 0 Å². The maximum absolute atomic E-state index is 12.3. The number of hydrogen-bond donors (Lipinski definition) is 1. The van der Waals surface area contributed by atoms with Crippen LogP contribution in [0.5, 0.6) is 0 Å². The number of thioether (sulfide) groups is 1. The molecule has 1 atom stereocenters. The molecular formula is C14H24N2O2S. The van der Waals surface area contributed by atoms with Crippen molar-refractivity contribution in [3.63, 3.8) is 0 Å². The first-order valence-electron chi connectivity index (χ1n) is 7.19. The van der Waals surface area contributed by atoms with E-state index in [-0.39, 0.29) is 11.8 Å². The van der Waals surface area contributed by atoms with E-state index in [4.69, 9.17) is 0 Å². The Labute approximate surface area is 119 Å². The lowest BCUT2D eigenvalue weighted by atomic mass is 9.89. The molecule has 0 bridgehead atoms. The molecule has 1 saturated carbocycles. The van der Waals surface area contributed by atoms with Gasteiger partial charge in [-0.2, -0.15) is 11.8 Å². The zero-order valence-electron chi connectivity index (χ0n) is 11.9. The molecule has 0 aromatic carbocycles. The van der Waals surface area contributed by atoms with Crippen LogP contribution in [0, 0.1) is 5.92 Å². The maximum Gasteiger partial charge on any atom is 0.226 e. The molecule has 2 fully saturated rings. The summed E-state index contributed by atoms with van der Waals surface area (Å²) in [6.07, 6.45) is 5.03. The summed E-state index contributed by atoms with van der Waals surface area (Å²) in [5.41, 5.74) is 0. The molecule has 19 heavy (non-hydrogen) atoms. The maximum atomic E-state index is 12.3. The van der Waals surface area contributed by atoms with Crippen LogP contribution in [-0.2, 0) is 9.59 Å². The van der Waals surface area contributed by atoms with Crippen molar-refractivity contribution in [2.75, 3.05) is 18.6 Å². The number of carbonyl (C=O) groups is 2. The van der Waals surface area contributed by atoms with E-state index in [0.717, 1.165) is 43.6 Å². The Balaban J connectivity index is 1.79. The van der Waals surface area contributed by atoms with Crippen LogP contribution in [-0.4, -0.2) is 47.4 Å². The van der Waals surface area contributed by atoms with Gasteiger partial charge in [-0.05, 0) is 37.9 Å². The van der Waals surface area contributed by atoms with Crippen LogP contribution in [0.3, 0.4) is 0 Å². The molecule has 1 aliphatic heterocycles. The number of carbonyl (C=O) groups excluding carboxylic acids is 2. The van der Waals surface area contributed by atoms with Crippen LogP contribution in [0.2, 0.25) is 0 Å². The molecule has 1 saturated heterocycles. The first kappa shape index (κ1) is 14.7. The highest BCUT2D eigenvalue weighted by Gasteiger charge is 2.31. The van der Waals surface area contributed by atoms with Gasteiger partial charge in [0.05, 0.1) is 0 Å². The van der Waals surface area contributed by atoms with E-state index in [0.29, 0.717) is 18.0 Å². The molecule has 0 spiro atoms. The number of nitrogens with one attached hydrogen (secondary N) is 1. The van der Waals surface area contributed by atoms with E-state index >= 15 is 0 Å². The van der Waals surface area contributed by atoms with Crippen molar-refractivity contribution >= 4 is 23.6 Å². The third kappa shape index (κ3) is 3.88. The molecule has 2 rings (SSSR count). The molecular weight excluding hydrogens is 260 g/mol. The second kappa shape index (κ2) is 6.64. The van der Waals surface area contributed by atoms with Crippen LogP contribution in [0.4, 0.5) is 0 Å². The van der Waals surface area contributed by atoms with E-state index in [1.54, 1.807) is 6.92 Å². The fraction of sp³-hybridized carbons (Fsp3) is 0.857. The summed E-state index contributed by atoms with van der Waals surface area (Å²) in [6.45, 7) is 1.57. The largest absolute Gasteiger partial charge is 0.354 e. The molecule has 0 radical (unpaired) electrons. The van der Waals surface area contributed by atoms with Gasteiger partial charge in [0.15, 0.2) is 0 Å². The highest BCUT2D eigenvalue weighted by atomic mass is 32.2. The SMILES string of the molecule is CC(=O)NC1CCC(N(C)C(=O)C2CCSC2)CC1. The monoisotopic (exact) mass is 284 g/mol. The predicted molar refractivity (Wildman–Crippen MR) is 78.1 cm³/mol. The van der Waals surface area contributed by atoms with Crippen LogP contribution in [0.25, 0.3) is 0 Å². The molecule has 1 unspecified atom stereocenters. The lowest BCUT2D eigenvalue weighted by Gasteiger charge is -2.36. The van der Waals surface area contributed by atoms with Gasteiger partial charge in [-0.25, -0.2) is 0 Å². The van der Waals surface area contributed by atoms with Crippen molar-refractivity contribution in [2.45, 2.75) is 51.1 Å². The van der Waals surface area contributed by atoms with Crippen molar-refractivity contribution in [1.29, 1.82) is 0 Å². The summed E-state index contributed by atoms with van der Waals surface area (Å²) in [4.78, 5) is 25.4. The highest BCUT2D eigenvalue weighted by Crippen LogP contribution is 2.28. The van der Waals surface area contributed by atoms with Crippen molar-refractivity contribution in [3.8, 4) is 0 Å². The van der Waals surface area contributed by atoms with Gasteiger partial charge < -0.3 is 10.2 Å². The number of amides is 2. The van der Waals surface area contributed by atoms with Crippen LogP contribution >= 0.6 is 11.8 Å². The zero-order chi connectivity index (χ0) is 13.8. The molecule has 1 aliphatic carbocycles. The molecule has 2 aliphatic rings. The molecule has 108 valence electrons. The van der Waals surface area contributed by atoms with Crippen molar-refractivity contribution in [2.24, 2.45) is 5.92 Å². The van der Waals surface area contributed by atoms with E-state index < -0.39 is 0 Å². The van der Waals surface area contributed by atoms with Crippen LogP contribution in [0.1, 0.15) is 39.0 Å². The summed E-state index contributed by atoms with van der Waals surface area (Å²) in [7, 11) is 1.95. The van der Waals surface area contributed by atoms with Crippen LogP contribution in [0.15, 0.2) is 0 Å². The second-order valence-electron chi connectivity index (χ2n) is 5.72. The smallest absolute Gasteiger partial charge is 0.226 e. The Bertz CT molecular complexity index is 334. The van der Waals surface area contributed by atoms with Gasteiger partial charge in [0, 0.05) is 37.7 Å². The predicted octanol–water partition coefficient (Wildman–Crippen LogP) is 1.65. The highest BCUT2D eigenvalue weighted by molar-refractivity contribution is 7.99. The van der Waals surface area contributed by atoms with Crippen molar-refractivity contribution < 1.29 is 9.59 Å². The molecule has 1 heterocycles. The van der Waals surface area contributed by atoms with E-state index in [9.17, 15) is 9.59 Å². The Hall–Kier alpha value is -0.710. The third-order valence-electron chi connectivity index (χ3n) is 4.28. The summed E-state index contributed by atoms with van der Waals surface area (Å²) < 4.78 is 0. The molecule has 2 amide bonds. The lowest BCUT2D eigenvalue weighted by Crippen LogP contribution is -2.45. The number of hydrogen-bond acceptors (Lipinski definition) is 3. The minimum atomic E-state index is 0.0517. The molecule has 5 heteroatoms. The number of rotatable bonds is 3. The van der Waals surface area contributed by atoms with Gasteiger partial charge in [-0.1, -0.05) is 0 Å².